The topological polar surface area (TPSA) is 88.2 Å². The van der Waals surface area contributed by atoms with Gasteiger partial charge < -0.3 is 9.52 Å². The number of carboxylic acid groups (broad SMARTS) is 1. The summed E-state index contributed by atoms with van der Waals surface area (Å²) in [5.74, 6) is -0.230. The molecule has 1 aliphatic rings. The third-order valence-corrected chi connectivity index (χ3v) is 4.56. The lowest BCUT2D eigenvalue weighted by Crippen LogP contribution is -2.57. The van der Waals surface area contributed by atoms with Crippen LogP contribution in [0.25, 0.3) is 0 Å². The molecule has 20 heavy (non-hydrogen) atoms. The molecule has 2 N–H and O–H groups in total. The molecular formula is C13H21N3O3S. The number of thioether (sulfide) groups is 1. The number of nitrogens with zero attached hydrogens (tertiary/aromatic N) is 2. The first-order valence-corrected chi connectivity index (χ1v) is 7.77. The van der Waals surface area contributed by atoms with Crippen LogP contribution in [0.1, 0.15) is 45.4 Å². The van der Waals surface area contributed by atoms with Gasteiger partial charge in [0, 0.05) is 18.2 Å². The molecule has 0 bridgehead atoms. The molecule has 0 radical (unpaired) electrons. The highest BCUT2D eigenvalue weighted by atomic mass is 32.2. The number of aromatic nitrogens is 2. The molecule has 2 unspecified atom stereocenters. The Bertz CT molecular complexity index is 477. The van der Waals surface area contributed by atoms with Crippen LogP contribution >= 0.6 is 11.8 Å². The summed E-state index contributed by atoms with van der Waals surface area (Å²) in [6.45, 7) is 5.70. The fourth-order valence-corrected chi connectivity index (χ4v) is 3.93. The summed E-state index contributed by atoms with van der Waals surface area (Å²) in [5, 5.41) is 21.3. The normalized spacial score (nSPS) is 26.9. The molecular weight excluding hydrogens is 278 g/mol. The highest BCUT2D eigenvalue weighted by Gasteiger charge is 2.43. The van der Waals surface area contributed by atoms with Crippen LogP contribution in [0, 0.1) is 6.92 Å². The van der Waals surface area contributed by atoms with Crippen molar-refractivity contribution in [3.63, 3.8) is 0 Å². The van der Waals surface area contributed by atoms with E-state index in [-0.39, 0.29) is 11.3 Å². The summed E-state index contributed by atoms with van der Waals surface area (Å²) in [6.07, 6.45) is 3.10. The maximum absolute atomic E-state index is 11.7. The van der Waals surface area contributed by atoms with Crippen molar-refractivity contribution in [3.05, 3.63) is 5.89 Å². The van der Waals surface area contributed by atoms with Gasteiger partial charge >= 0.3 is 5.97 Å². The summed E-state index contributed by atoms with van der Waals surface area (Å²) in [6, 6.07) is 0.139. The first-order chi connectivity index (χ1) is 9.41. The Kier molecular flexibility index (Phi) is 4.70. The van der Waals surface area contributed by atoms with Crippen LogP contribution < -0.4 is 5.32 Å². The number of aryl methyl sites for hydroxylation is 1. The van der Waals surface area contributed by atoms with E-state index >= 15 is 0 Å². The van der Waals surface area contributed by atoms with E-state index in [0.29, 0.717) is 24.0 Å². The summed E-state index contributed by atoms with van der Waals surface area (Å²) in [4.78, 5) is 11.7. The van der Waals surface area contributed by atoms with E-state index in [1.54, 1.807) is 6.92 Å². The number of hydrogen-bond acceptors (Lipinski definition) is 6. The summed E-state index contributed by atoms with van der Waals surface area (Å²) >= 11 is 1.49. The fraction of sp³-hybridized carbons (Fsp3) is 0.769. The molecule has 0 saturated heterocycles. The van der Waals surface area contributed by atoms with Crippen LogP contribution in [0.4, 0.5) is 0 Å². The van der Waals surface area contributed by atoms with Crippen LogP contribution in [0.15, 0.2) is 9.64 Å². The molecule has 1 aromatic heterocycles. The molecule has 0 aliphatic heterocycles. The zero-order valence-electron chi connectivity index (χ0n) is 12.0. The maximum Gasteiger partial charge on any atom is 0.323 e. The Balaban J connectivity index is 2.07. The lowest BCUT2D eigenvalue weighted by molar-refractivity contribution is -0.146. The van der Waals surface area contributed by atoms with Crippen LogP contribution in [0.5, 0.6) is 0 Å². The molecule has 1 aliphatic carbocycles. The van der Waals surface area contributed by atoms with Gasteiger partial charge in [-0.25, -0.2) is 0 Å². The number of carboxylic acids is 1. The van der Waals surface area contributed by atoms with Crippen molar-refractivity contribution < 1.29 is 14.3 Å². The van der Waals surface area contributed by atoms with Gasteiger partial charge in [-0.1, -0.05) is 11.8 Å². The van der Waals surface area contributed by atoms with Gasteiger partial charge in [-0.05, 0) is 39.5 Å². The first-order valence-electron chi connectivity index (χ1n) is 6.89. The number of nitrogens with one attached hydrogen (secondary N) is 1. The van der Waals surface area contributed by atoms with Gasteiger partial charge in [-0.2, -0.15) is 0 Å². The number of aliphatic carboxylic acids is 1. The van der Waals surface area contributed by atoms with E-state index < -0.39 is 11.5 Å². The van der Waals surface area contributed by atoms with Crippen molar-refractivity contribution in [1.82, 2.24) is 15.5 Å². The zero-order valence-corrected chi connectivity index (χ0v) is 12.9. The molecule has 2 rings (SSSR count). The summed E-state index contributed by atoms with van der Waals surface area (Å²) < 4.78 is 5.37. The van der Waals surface area contributed by atoms with E-state index in [4.69, 9.17) is 4.42 Å². The minimum atomic E-state index is -0.834. The molecule has 0 amide bonds. The van der Waals surface area contributed by atoms with Gasteiger partial charge in [-0.15, -0.1) is 10.2 Å². The van der Waals surface area contributed by atoms with Gasteiger partial charge in [0.05, 0.1) is 0 Å². The standard InChI is InChI=1S/C13H21N3O3S/c1-8(2)14-13(11(17)18)6-4-5-10(7-13)20-12-16-15-9(3)19-12/h8,10,14H,4-7H2,1-3H3,(H,17,18). The molecule has 1 fully saturated rings. The van der Waals surface area contributed by atoms with E-state index in [0.717, 1.165) is 12.8 Å². The van der Waals surface area contributed by atoms with Crippen molar-refractivity contribution >= 4 is 17.7 Å². The van der Waals surface area contributed by atoms with Gasteiger partial charge in [0.1, 0.15) is 5.54 Å². The first kappa shape index (κ1) is 15.3. The minimum absolute atomic E-state index is 0.139. The van der Waals surface area contributed by atoms with Gasteiger partial charge in [0.2, 0.25) is 5.89 Å². The van der Waals surface area contributed by atoms with E-state index in [1.165, 1.54) is 11.8 Å². The maximum atomic E-state index is 11.7. The monoisotopic (exact) mass is 299 g/mol. The molecule has 1 aromatic rings. The lowest BCUT2D eigenvalue weighted by atomic mass is 9.81. The molecule has 0 aromatic carbocycles. The molecule has 0 spiro atoms. The number of carbonyl (C=O) groups is 1. The molecule has 6 nitrogen and oxygen atoms in total. The Hall–Kier alpha value is -1.08. The van der Waals surface area contributed by atoms with Crippen molar-refractivity contribution in [2.75, 3.05) is 0 Å². The van der Waals surface area contributed by atoms with Crippen molar-refractivity contribution in [2.45, 2.75) is 68.5 Å². The second kappa shape index (κ2) is 6.13. The van der Waals surface area contributed by atoms with E-state index in [1.807, 2.05) is 13.8 Å². The molecule has 112 valence electrons. The van der Waals surface area contributed by atoms with Gasteiger partial charge in [0.15, 0.2) is 0 Å². The highest BCUT2D eigenvalue weighted by Crippen LogP contribution is 2.38. The smallest absolute Gasteiger partial charge is 0.323 e. The Morgan fingerprint density at radius 2 is 2.30 bits per heavy atom. The fourth-order valence-electron chi connectivity index (χ4n) is 2.73. The van der Waals surface area contributed by atoms with Gasteiger partial charge in [-0.3, -0.25) is 10.1 Å². The summed E-state index contributed by atoms with van der Waals surface area (Å²) in [5.41, 5.74) is -0.834. The van der Waals surface area contributed by atoms with Crippen LogP contribution in [-0.2, 0) is 4.79 Å². The molecule has 2 atom stereocenters. The second-order valence-electron chi connectivity index (χ2n) is 5.61. The van der Waals surface area contributed by atoms with Crippen molar-refractivity contribution in [1.29, 1.82) is 0 Å². The van der Waals surface area contributed by atoms with E-state index in [9.17, 15) is 9.90 Å². The third-order valence-electron chi connectivity index (χ3n) is 3.46. The largest absolute Gasteiger partial charge is 0.480 e. The van der Waals surface area contributed by atoms with Gasteiger partial charge in [0.25, 0.3) is 5.22 Å². The predicted molar refractivity (Wildman–Crippen MR) is 75.8 cm³/mol. The van der Waals surface area contributed by atoms with Crippen molar-refractivity contribution in [2.24, 2.45) is 0 Å². The lowest BCUT2D eigenvalue weighted by Gasteiger charge is -2.39. The average Bonchev–Trinajstić information content (AvgIpc) is 2.74. The zero-order chi connectivity index (χ0) is 14.8. The summed E-state index contributed by atoms with van der Waals surface area (Å²) in [7, 11) is 0. The third kappa shape index (κ3) is 3.52. The Labute approximate surface area is 122 Å². The predicted octanol–water partition coefficient (Wildman–Crippen LogP) is 2.23. The SMILES string of the molecule is Cc1nnc(SC2CCCC(NC(C)C)(C(=O)O)C2)o1. The number of hydrogen-bond donors (Lipinski definition) is 2. The van der Waals surface area contributed by atoms with E-state index in [2.05, 4.69) is 15.5 Å². The van der Waals surface area contributed by atoms with Crippen LogP contribution in [0.3, 0.4) is 0 Å². The van der Waals surface area contributed by atoms with Crippen LogP contribution in [-0.4, -0.2) is 38.1 Å². The van der Waals surface area contributed by atoms with Crippen molar-refractivity contribution in [3.8, 4) is 0 Å². The number of rotatable bonds is 5. The van der Waals surface area contributed by atoms with Crippen LogP contribution in [0.2, 0.25) is 0 Å². The Morgan fingerprint density at radius 1 is 1.55 bits per heavy atom. The second-order valence-corrected chi connectivity index (χ2v) is 6.86. The molecule has 1 saturated carbocycles. The Morgan fingerprint density at radius 3 is 2.85 bits per heavy atom. The quantitative estimate of drug-likeness (QED) is 0.861. The highest BCUT2D eigenvalue weighted by molar-refractivity contribution is 7.99. The minimum Gasteiger partial charge on any atom is -0.480 e. The molecule has 7 heteroatoms. The average molecular weight is 299 g/mol. The molecule has 1 heterocycles.